The van der Waals surface area contributed by atoms with Gasteiger partial charge in [0.1, 0.15) is 17.3 Å². The average molecular weight is 256 g/mol. The van der Waals surface area contributed by atoms with Crippen LogP contribution in [0.1, 0.15) is 0 Å². The van der Waals surface area contributed by atoms with E-state index in [1.807, 2.05) is 0 Å². The molecule has 6 heteroatoms. The molecule has 0 aliphatic carbocycles. The zero-order chi connectivity index (χ0) is 12.3. The number of hydrogen-bond donors (Lipinski definition) is 1. The summed E-state index contributed by atoms with van der Waals surface area (Å²) in [5.74, 6) is 0.784. The zero-order valence-corrected chi connectivity index (χ0v) is 11.0. The summed E-state index contributed by atoms with van der Waals surface area (Å²) in [7, 11) is 4.31. The fourth-order valence-corrected chi connectivity index (χ4v) is 2.12. The van der Waals surface area contributed by atoms with Gasteiger partial charge in [-0.25, -0.2) is 9.97 Å². The second kappa shape index (κ2) is 5.62. The molecule has 1 aliphatic rings. The molecule has 0 amide bonds. The standard InChI is InChI=1S/C11H18ClN5/c1-16-3-4-17(2)9(7-16)6-13-11-5-10(12)14-8-15-11/h5,8-9H,3-4,6-7H2,1-2H3,(H,13,14,15). The Balaban J connectivity index is 1.88. The minimum absolute atomic E-state index is 0.469. The second-order valence-corrected chi connectivity index (χ2v) is 4.89. The van der Waals surface area contributed by atoms with Crippen LogP contribution in [-0.2, 0) is 0 Å². The average Bonchev–Trinajstić information content (AvgIpc) is 2.30. The minimum atomic E-state index is 0.469. The molecule has 1 aromatic rings. The van der Waals surface area contributed by atoms with Gasteiger partial charge < -0.3 is 10.2 Å². The number of rotatable bonds is 3. The lowest BCUT2D eigenvalue weighted by Gasteiger charge is -2.37. The highest BCUT2D eigenvalue weighted by Gasteiger charge is 2.21. The maximum Gasteiger partial charge on any atom is 0.134 e. The fourth-order valence-electron chi connectivity index (χ4n) is 1.97. The van der Waals surface area contributed by atoms with Crippen molar-refractivity contribution in [2.45, 2.75) is 6.04 Å². The molecule has 2 rings (SSSR count). The lowest BCUT2D eigenvalue weighted by atomic mass is 10.2. The Morgan fingerprint density at radius 1 is 1.41 bits per heavy atom. The Labute approximate surface area is 107 Å². The van der Waals surface area contributed by atoms with E-state index in [1.54, 1.807) is 6.07 Å². The number of hydrogen-bond acceptors (Lipinski definition) is 5. The van der Waals surface area contributed by atoms with Crippen molar-refractivity contribution in [3.63, 3.8) is 0 Å². The van der Waals surface area contributed by atoms with E-state index in [2.05, 4.69) is 39.2 Å². The molecule has 1 fully saturated rings. The van der Waals surface area contributed by atoms with Gasteiger partial charge in [-0.2, -0.15) is 0 Å². The van der Waals surface area contributed by atoms with Gasteiger partial charge in [0.05, 0.1) is 0 Å². The number of nitrogens with zero attached hydrogens (tertiary/aromatic N) is 4. The third kappa shape index (κ3) is 3.52. The molecular weight excluding hydrogens is 238 g/mol. The number of halogens is 1. The molecule has 0 spiro atoms. The predicted molar refractivity (Wildman–Crippen MR) is 69.4 cm³/mol. The summed E-state index contributed by atoms with van der Waals surface area (Å²) in [5.41, 5.74) is 0. The normalized spacial score (nSPS) is 22.6. The van der Waals surface area contributed by atoms with Gasteiger partial charge >= 0.3 is 0 Å². The van der Waals surface area contributed by atoms with E-state index in [-0.39, 0.29) is 0 Å². The predicted octanol–water partition coefficient (Wildman–Crippen LogP) is 0.788. The summed E-state index contributed by atoms with van der Waals surface area (Å²) in [4.78, 5) is 12.7. The third-order valence-electron chi connectivity index (χ3n) is 3.13. The van der Waals surface area contributed by atoms with Crippen molar-refractivity contribution in [1.82, 2.24) is 19.8 Å². The third-order valence-corrected chi connectivity index (χ3v) is 3.34. The van der Waals surface area contributed by atoms with E-state index < -0.39 is 0 Å². The molecule has 5 nitrogen and oxygen atoms in total. The molecule has 1 N–H and O–H groups in total. The van der Waals surface area contributed by atoms with Gasteiger partial charge in [0.25, 0.3) is 0 Å². The van der Waals surface area contributed by atoms with Crippen molar-refractivity contribution in [2.24, 2.45) is 0 Å². The van der Waals surface area contributed by atoms with Crippen LogP contribution in [0.5, 0.6) is 0 Å². The first kappa shape index (κ1) is 12.5. The first-order valence-corrected chi connectivity index (χ1v) is 6.13. The van der Waals surface area contributed by atoms with Gasteiger partial charge in [0, 0.05) is 38.3 Å². The Morgan fingerprint density at radius 3 is 3.00 bits per heavy atom. The van der Waals surface area contributed by atoms with E-state index in [0.29, 0.717) is 11.2 Å². The zero-order valence-electron chi connectivity index (χ0n) is 10.2. The molecule has 1 aliphatic heterocycles. The lowest BCUT2D eigenvalue weighted by molar-refractivity contribution is 0.122. The summed E-state index contributed by atoms with van der Waals surface area (Å²) in [6.07, 6.45) is 1.47. The van der Waals surface area contributed by atoms with Gasteiger partial charge in [-0.3, -0.25) is 4.90 Å². The van der Waals surface area contributed by atoms with Crippen molar-refractivity contribution in [2.75, 3.05) is 45.6 Å². The molecule has 0 radical (unpaired) electrons. The number of likely N-dealkylation sites (N-methyl/N-ethyl adjacent to an activating group) is 2. The maximum absolute atomic E-state index is 5.81. The van der Waals surface area contributed by atoms with E-state index >= 15 is 0 Å². The molecule has 1 aromatic heterocycles. The maximum atomic E-state index is 5.81. The summed E-state index contributed by atoms with van der Waals surface area (Å²) in [6, 6.07) is 2.25. The van der Waals surface area contributed by atoms with Gasteiger partial charge in [0.15, 0.2) is 0 Å². The van der Waals surface area contributed by atoms with Crippen LogP contribution in [-0.4, -0.2) is 66.1 Å². The van der Waals surface area contributed by atoms with Crippen LogP contribution in [0, 0.1) is 0 Å². The Hall–Kier alpha value is -0.910. The van der Waals surface area contributed by atoms with E-state index in [4.69, 9.17) is 11.6 Å². The molecule has 0 saturated carbocycles. The first-order valence-electron chi connectivity index (χ1n) is 5.75. The highest BCUT2D eigenvalue weighted by molar-refractivity contribution is 6.29. The van der Waals surface area contributed by atoms with Crippen molar-refractivity contribution in [3.8, 4) is 0 Å². The number of anilines is 1. The smallest absolute Gasteiger partial charge is 0.134 e. The molecule has 1 unspecified atom stereocenters. The van der Waals surface area contributed by atoms with E-state index in [1.165, 1.54) is 6.33 Å². The van der Waals surface area contributed by atoms with Gasteiger partial charge in [-0.15, -0.1) is 0 Å². The van der Waals surface area contributed by atoms with Crippen LogP contribution >= 0.6 is 11.6 Å². The highest BCUT2D eigenvalue weighted by Crippen LogP contribution is 2.10. The van der Waals surface area contributed by atoms with Crippen molar-refractivity contribution < 1.29 is 0 Å². The topological polar surface area (TPSA) is 44.3 Å². The van der Waals surface area contributed by atoms with Crippen LogP contribution in [0.4, 0.5) is 5.82 Å². The lowest BCUT2D eigenvalue weighted by Crippen LogP contribution is -2.52. The van der Waals surface area contributed by atoms with Crippen molar-refractivity contribution in [1.29, 1.82) is 0 Å². The SMILES string of the molecule is CN1CCN(C)C(CNc2cc(Cl)ncn2)C1. The van der Waals surface area contributed by atoms with Crippen molar-refractivity contribution >= 4 is 17.4 Å². The molecule has 0 bridgehead atoms. The second-order valence-electron chi connectivity index (χ2n) is 4.50. The molecule has 17 heavy (non-hydrogen) atoms. The van der Waals surface area contributed by atoms with Crippen LogP contribution < -0.4 is 5.32 Å². The Morgan fingerprint density at radius 2 is 2.24 bits per heavy atom. The van der Waals surface area contributed by atoms with Crippen LogP contribution in [0.15, 0.2) is 12.4 Å². The Kier molecular flexibility index (Phi) is 4.15. The van der Waals surface area contributed by atoms with E-state index in [9.17, 15) is 0 Å². The number of aromatic nitrogens is 2. The van der Waals surface area contributed by atoms with E-state index in [0.717, 1.165) is 32.0 Å². The number of piperazine rings is 1. The molecule has 2 heterocycles. The molecule has 0 aromatic carbocycles. The van der Waals surface area contributed by atoms with Crippen molar-refractivity contribution in [3.05, 3.63) is 17.5 Å². The van der Waals surface area contributed by atoms with Crippen LogP contribution in [0.25, 0.3) is 0 Å². The molecule has 94 valence electrons. The van der Waals surface area contributed by atoms with Gasteiger partial charge in [0.2, 0.25) is 0 Å². The quantitative estimate of drug-likeness (QED) is 0.809. The fraction of sp³-hybridized carbons (Fsp3) is 0.636. The van der Waals surface area contributed by atoms with Crippen LogP contribution in [0.3, 0.4) is 0 Å². The largest absolute Gasteiger partial charge is 0.368 e. The number of nitrogens with one attached hydrogen (secondary N) is 1. The first-order chi connectivity index (χ1) is 8.15. The molecule has 1 atom stereocenters. The molecular formula is C11H18ClN5. The van der Waals surface area contributed by atoms with Gasteiger partial charge in [-0.1, -0.05) is 11.6 Å². The summed E-state index contributed by atoms with van der Waals surface area (Å²) < 4.78 is 0. The summed E-state index contributed by atoms with van der Waals surface area (Å²) in [5, 5.41) is 3.77. The summed E-state index contributed by atoms with van der Waals surface area (Å²) in [6.45, 7) is 4.18. The molecule has 1 saturated heterocycles. The monoisotopic (exact) mass is 255 g/mol. The highest BCUT2D eigenvalue weighted by atomic mass is 35.5. The van der Waals surface area contributed by atoms with Crippen LogP contribution in [0.2, 0.25) is 5.15 Å². The van der Waals surface area contributed by atoms with Gasteiger partial charge in [-0.05, 0) is 14.1 Å². The Bertz CT molecular complexity index is 373. The minimum Gasteiger partial charge on any atom is -0.368 e. The summed E-state index contributed by atoms with van der Waals surface area (Å²) >= 11 is 5.81.